The zero-order valence-corrected chi connectivity index (χ0v) is 16.5. The molecule has 2 aromatic carbocycles. The molecule has 3 rings (SSSR count). The second kappa shape index (κ2) is 9.34. The van der Waals surface area contributed by atoms with E-state index in [9.17, 15) is 9.59 Å². The van der Waals surface area contributed by atoms with Crippen molar-refractivity contribution in [2.24, 2.45) is 0 Å². The Morgan fingerprint density at radius 1 is 1.17 bits per heavy atom. The minimum absolute atomic E-state index is 0.0459. The summed E-state index contributed by atoms with van der Waals surface area (Å²) in [5, 5.41) is 15.5. The molecule has 0 unspecified atom stereocenters. The standard InChI is InChI=1S/C23H19N3O4/c1-15-19(13-24)22(27)26-25-20(15)12-11-17-5-3-4-6-21(17)30-14-16-7-9-18(10-8-16)23(28)29-2/h3-12H,14H2,1-2H3,(H,26,27)/b12-11+. The summed E-state index contributed by atoms with van der Waals surface area (Å²) in [4.78, 5) is 23.2. The number of ether oxygens (including phenoxy) is 2. The lowest BCUT2D eigenvalue weighted by Crippen LogP contribution is -2.15. The maximum Gasteiger partial charge on any atom is 0.337 e. The Balaban J connectivity index is 1.77. The molecule has 0 amide bonds. The molecule has 1 aromatic heterocycles. The predicted molar refractivity (Wildman–Crippen MR) is 112 cm³/mol. The van der Waals surface area contributed by atoms with Gasteiger partial charge in [-0.3, -0.25) is 4.79 Å². The highest BCUT2D eigenvalue weighted by atomic mass is 16.5. The summed E-state index contributed by atoms with van der Waals surface area (Å²) >= 11 is 0. The van der Waals surface area contributed by atoms with E-state index >= 15 is 0 Å². The Morgan fingerprint density at radius 2 is 1.90 bits per heavy atom. The van der Waals surface area contributed by atoms with Gasteiger partial charge in [0.15, 0.2) is 0 Å². The maximum atomic E-state index is 11.6. The number of rotatable bonds is 6. The SMILES string of the molecule is COC(=O)c1ccc(COc2ccccc2/C=C/c2n[nH]c(=O)c(C#N)c2C)cc1. The number of aromatic amines is 1. The molecule has 150 valence electrons. The second-order valence-electron chi connectivity index (χ2n) is 6.40. The van der Waals surface area contributed by atoms with E-state index in [0.29, 0.717) is 29.2 Å². The summed E-state index contributed by atoms with van der Waals surface area (Å²) < 4.78 is 10.6. The quantitative estimate of drug-likeness (QED) is 0.634. The lowest BCUT2D eigenvalue weighted by atomic mass is 10.1. The average molecular weight is 401 g/mol. The van der Waals surface area contributed by atoms with Crippen molar-refractivity contribution in [2.45, 2.75) is 13.5 Å². The molecule has 0 aliphatic carbocycles. The fourth-order valence-electron chi connectivity index (χ4n) is 2.78. The van der Waals surface area contributed by atoms with E-state index in [2.05, 4.69) is 10.2 Å². The number of nitriles is 1. The zero-order valence-electron chi connectivity index (χ0n) is 16.5. The smallest absolute Gasteiger partial charge is 0.337 e. The van der Waals surface area contributed by atoms with E-state index in [0.717, 1.165) is 11.1 Å². The summed E-state index contributed by atoms with van der Waals surface area (Å²) in [6.45, 7) is 2.00. The van der Waals surface area contributed by atoms with Crippen LogP contribution in [0.15, 0.2) is 53.3 Å². The lowest BCUT2D eigenvalue weighted by Gasteiger charge is -2.10. The molecule has 7 heteroatoms. The second-order valence-corrected chi connectivity index (χ2v) is 6.40. The topological polar surface area (TPSA) is 105 Å². The Kier molecular flexibility index (Phi) is 6.40. The first kappa shape index (κ1) is 20.6. The molecule has 1 N–H and O–H groups in total. The van der Waals surface area contributed by atoms with Gasteiger partial charge in [-0.05, 0) is 48.4 Å². The maximum absolute atomic E-state index is 11.6. The van der Waals surface area contributed by atoms with Crippen molar-refractivity contribution in [3.8, 4) is 11.8 Å². The van der Waals surface area contributed by atoms with Crippen LogP contribution in [0.25, 0.3) is 12.2 Å². The number of carbonyl (C=O) groups excluding carboxylic acids is 1. The molecule has 0 aliphatic rings. The van der Waals surface area contributed by atoms with Crippen LogP contribution in [0.5, 0.6) is 5.75 Å². The van der Waals surface area contributed by atoms with Gasteiger partial charge in [-0.25, -0.2) is 9.89 Å². The van der Waals surface area contributed by atoms with Gasteiger partial charge < -0.3 is 9.47 Å². The first-order chi connectivity index (χ1) is 14.5. The van der Waals surface area contributed by atoms with E-state index in [4.69, 9.17) is 14.7 Å². The van der Waals surface area contributed by atoms with Crippen LogP contribution >= 0.6 is 0 Å². The zero-order chi connectivity index (χ0) is 21.5. The summed E-state index contributed by atoms with van der Waals surface area (Å²) in [5.41, 5.74) is 2.75. The Bertz CT molecular complexity index is 1190. The Morgan fingerprint density at radius 3 is 2.60 bits per heavy atom. The van der Waals surface area contributed by atoms with Crippen molar-refractivity contribution in [1.29, 1.82) is 5.26 Å². The summed E-state index contributed by atoms with van der Waals surface area (Å²) in [5.74, 6) is 0.275. The number of hydrogen-bond acceptors (Lipinski definition) is 6. The van der Waals surface area contributed by atoms with Gasteiger partial charge in [-0.1, -0.05) is 30.3 Å². The van der Waals surface area contributed by atoms with Gasteiger partial charge in [0.1, 0.15) is 24.0 Å². The highest BCUT2D eigenvalue weighted by Crippen LogP contribution is 2.22. The molecular weight excluding hydrogens is 382 g/mol. The van der Waals surface area contributed by atoms with Crippen LogP contribution in [-0.2, 0) is 11.3 Å². The number of carbonyl (C=O) groups is 1. The first-order valence-corrected chi connectivity index (χ1v) is 9.10. The highest BCUT2D eigenvalue weighted by molar-refractivity contribution is 5.89. The van der Waals surface area contributed by atoms with Gasteiger partial charge in [0.2, 0.25) is 0 Å². The largest absolute Gasteiger partial charge is 0.488 e. The van der Waals surface area contributed by atoms with E-state index in [1.807, 2.05) is 48.5 Å². The first-order valence-electron chi connectivity index (χ1n) is 9.10. The third kappa shape index (κ3) is 4.62. The molecule has 3 aromatic rings. The summed E-state index contributed by atoms with van der Waals surface area (Å²) in [6, 6.07) is 16.4. The van der Waals surface area contributed by atoms with E-state index in [-0.39, 0.29) is 11.5 Å². The van der Waals surface area contributed by atoms with Crippen LogP contribution in [0, 0.1) is 18.3 Å². The summed E-state index contributed by atoms with van der Waals surface area (Å²) in [7, 11) is 1.34. The normalized spacial score (nSPS) is 10.6. The van der Waals surface area contributed by atoms with Crippen LogP contribution < -0.4 is 10.3 Å². The molecule has 0 fully saturated rings. The van der Waals surface area contributed by atoms with Crippen molar-refractivity contribution in [2.75, 3.05) is 7.11 Å². The third-order valence-electron chi connectivity index (χ3n) is 4.49. The number of methoxy groups -OCH3 is 1. The minimum Gasteiger partial charge on any atom is -0.488 e. The molecule has 0 bridgehead atoms. The Hall–Kier alpha value is -4.18. The number of nitrogens with one attached hydrogen (secondary N) is 1. The van der Waals surface area contributed by atoms with Crippen molar-refractivity contribution in [3.05, 3.63) is 92.4 Å². The van der Waals surface area contributed by atoms with Crippen molar-refractivity contribution in [3.63, 3.8) is 0 Å². The fourth-order valence-corrected chi connectivity index (χ4v) is 2.78. The van der Waals surface area contributed by atoms with Gasteiger partial charge >= 0.3 is 5.97 Å². The number of aromatic nitrogens is 2. The molecule has 0 saturated carbocycles. The Labute approximate surface area is 173 Å². The third-order valence-corrected chi connectivity index (χ3v) is 4.49. The van der Waals surface area contributed by atoms with E-state index in [1.54, 1.807) is 25.1 Å². The van der Waals surface area contributed by atoms with Crippen LogP contribution in [0.3, 0.4) is 0 Å². The van der Waals surface area contributed by atoms with E-state index < -0.39 is 5.56 Å². The van der Waals surface area contributed by atoms with E-state index in [1.165, 1.54) is 7.11 Å². The number of benzene rings is 2. The van der Waals surface area contributed by atoms with Crippen LogP contribution in [0.1, 0.15) is 38.3 Å². The number of nitrogens with zero attached hydrogens (tertiary/aromatic N) is 2. The lowest BCUT2D eigenvalue weighted by molar-refractivity contribution is 0.0600. The molecule has 30 heavy (non-hydrogen) atoms. The fraction of sp³-hybridized carbons (Fsp3) is 0.130. The molecule has 0 saturated heterocycles. The molecule has 0 aliphatic heterocycles. The van der Waals surface area contributed by atoms with Gasteiger partial charge in [0.25, 0.3) is 5.56 Å². The monoisotopic (exact) mass is 401 g/mol. The van der Waals surface area contributed by atoms with Gasteiger partial charge in [0, 0.05) is 5.56 Å². The van der Waals surface area contributed by atoms with Gasteiger partial charge in [0.05, 0.1) is 18.4 Å². The number of para-hydroxylation sites is 1. The molecule has 7 nitrogen and oxygen atoms in total. The van der Waals surface area contributed by atoms with Gasteiger partial charge in [-0.15, -0.1) is 0 Å². The summed E-state index contributed by atoms with van der Waals surface area (Å²) in [6.07, 6.45) is 3.53. The van der Waals surface area contributed by atoms with Crippen LogP contribution in [0.4, 0.5) is 0 Å². The number of H-pyrrole nitrogens is 1. The average Bonchev–Trinajstić information content (AvgIpc) is 2.78. The highest BCUT2D eigenvalue weighted by Gasteiger charge is 2.09. The van der Waals surface area contributed by atoms with Crippen molar-refractivity contribution in [1.82, 2.24) is 10.2 Å². The molecule has 0 radical (unpaired) electrons. The number of hydrogen-bond donors (Lipinski definition) is 1. The van der Waals surface area contributed by atoms with Crippen LogP contribution in [-0.4, -0.2) is 23.3 Å². The van der Waals surface area contributed by atoms with Crippen molar-refractivity contribution < 1.29 is 14.3 Å². The predicted octanol–water partition coefficient (Wildman–Crippen LogP) is 3.49. The molecule has 1 heterocycles. The molecule has 0 spiro atoms. The van der Waals surface area contributed by atoms with Gasteiger partial charge in [-0.2, -0.15) is 10.4 Å². The van der Waals surface area contributed by atoms with Crippen LogP contribution in [0.2, 0.25) is 0 Å². The molecular formula is C23H19N3O4. The molecule has 0 atom stereocenters. The minimum atomic E-state index is -0.505. The number of esters is 1. The van der Waals surface area contributed by atoms with Crippen molar-refractivity contribution >= 4 is 18.1 Å².